The highest BCUT2D eigenvalue weighted by Gasteiger charge is 2.54. The van der Waals surface area contributed by atoms with Crippen LogP contribution in [-0.2, 0) is 6.42 Å². The summed E-state index contributed by atoms with van der Waals surface area (Å²) in [4.78, 5) is 0. The summed E-state index contributed by atoms with van der Waals surface area (Å²) in [5, 5.41) is 20.6. The molecule has 6 atom stereocenters. The molecule has 25 heavy (non-hydrogen) atoms. The van der Waals surface area contributed by atoms with Gasteiger partial charge in [-0.3, -0.25) is 0 Å². The summed E-state index contributed by atoms with van der Waals surface area (Å²) in [5.41, 5.74) is 2.89. The predicted octanol–water partition coefficient (Wildman–Crippen LogP) is 3.38. The zero-order chi connectivity index (χ0) is 17.4. The lowest BCUT2D eigenvalue weighted by molar-refractivity contribution is -0.159. The van der Waals surface area contributed by atoms with E-state index in [0.29, 0.717) is 23.5 Å². The number of aliphatic hydroxyl groups is 2. The topological polar surface area (TPSA) is 58.9 Å². The SMILES string of the molecule is CC1(O)COc2cc3c(cc2O1)CC[C@@H]1[C@@H]3CC[C@]2(C)[C@@H](O)CC[C@@H]12. The van der Waals surface area contributed by atoms with Crippen LogP contribution in [0.25, 0.3) is 0 Å². The normalized spacial score (nSPS) is 44.6. The van der Waals surface area contributed by atoms with Crippen LogP contribution in [0.2, 0.25) is 0 Å². The summed E-state index contributed by atoms with van der Waals surface area (Å²) in [6, 6.07) is 4.26. The first-order valence-electron chi connectivity index (χ1n) is 9.76. The molecule has 1 aliphatic heterocycles. The van der Waals surface area contributed by atoms with Crippen molar-refractivity contribution in [1.29, 1.82) is 0 Å². The fourth-order valence-corrected chi connectivity index (χ4v) is 6.22. The molecular weight excluding hydrogens is 316 g/mol. The Morgan fingerprint density at radius 3 is 2.76 bits per heavy atom. The summed E-state index contributed by atoms with van der Waals surface area (Å²) in [6.07, 6.45) is 6.53. The van der Waals surface area contributed by atoms with Gasteiger partial charge in [-0.1, -0.05) is 6.92 Å². The second kappa shape index (κ2) is 5.14. The number of aryl methyl sites for hydroxylation is 1. The zero-order valence-electron chi connectivity index (χ0n) is 15.1. The number of ether oxygens (including phenoxy) is 2. The van der Waals surface area contributed by atoms with E-state index < -0.39 is 5.79 Å². The maximum absolute atomic E-state index is 10.5. The summed E-state index contributed by atoms with van der Waals surface area (Å²) >= 11 is 0. The lowest BCUT2D eigenvalue weighted by Crippen LogP contribution is -2.44. The first-order chi connectivity index (χ1) is 11.9. The van der Waals surface area contributed by atoms with Crippen LogP contribution in [0.3, 0.4) is 0 Å². The third kappa shape index (κ3) is 2.26. The first-order valence-corrected chi connectivity index (χ1v) is 9.76. The van der Waals surface area contributed by atoms with Gasteiger partial charge in [-0.2, -0.15) is 0 Å². The van der Waals surface area contributed by atoms with Gasteiger partial charge in [0, 0.05) is 6.92 Å². The van der Waals surface area contributed by atoms with Crippen LogP contribution in [0.15, 0.2) is 12.1 Å². The molecule has 1 aromatic carbocycles. The van der Waals surface area contributed by atoms with Gasteiger partial charge < -0.3 is 19.7 Å². The quantitative estimate of drug-likeness (QED) is 0.757. The Balaban J connectivity index is 1.50. The van der Waals surface area contributed by atoms with Crippen molar-refractivity contribution >= 4 is 0 Å². The third-order valence-corrected chi connectivity index (χ3v) is 7.56. The van der Waals surface area contributed by atoms with Gasteiger partial charge >= 0.3 is 0 Å². The molecule has 0 radical (unpaired) electrons. The lowest BCUT2D eigenvalue weighted by Gasteiger charge is -2.50. The van der Waals surface area contributed by atoms with Crippen molar-refractivity contribution < 1.29 is 19.7 Å². The van der Waals surface area contributed by atoms with E-state index in [4.69, 9.17) is 9.47 Å². The van der Waals surface area contributed by atoms with Crippen LogP contribution in [0.4, 0.5) is 0 Å². The molecular formula is C21H28O4. The minimum absolute atomic E-state index is 0.116. The van der Waals surface area contributed by atoms with Crippen LogP contribution in [0, 0.1) is 17.3 Å². The van der Waals surface area contributed by atoms with Crippen LogP contribution >= 0.6 is 0 Å². The van der Waals surface area contributed by atoms with Crippen LogP contribution < -0.4 is 9.47 Å². The maximum atomic E-state index is 10.5. The molecule has 5 rings (SSSR count). The molecule has 4 aliphatic rings. The van der Waals surface area contributed by atoms with Gasteiger partial charge in [-0.15, -0.1) is 0 Å². The molecule has 3 aliphatic carbocycles. The van der Waals surface area contributed by atoms with Crippen LogP contribution in [-0.4, -0.2) is 28.7 Å². The van der Waals surface area contributed by atoms with Crippen molar-refractivity contribution in [1.82, 2.24) is 0 Å². The van der Waals surface area contributed by atoms with Crippen LogP contribution in [0.5, 0.6) is 11.5 Å². The standard InChI is InChI=1S/C21H28O4/c1-20-8-7-13-14(16(20)5-6-19(20)22)4-3-12-9-18-17(10-15(12)13)24-11-21(2,23)25-18/h9-10,13-14,16,19,22-23H,3-8,11H2,1-2H3/t13-,14+,16-,19-,20-,21?/m0/s1. The van der Waals surface area contributed by atoms with Crippen molar-refractivity contribution in [2.24, 2.45) is 17.3 Å². The molecule has 136 valence electrons. The second-order valence-electron chi connectivity index (χ2n) is 9.12. The van der Waals surface area contributed by atoms with Gasteiger partial charge in [0.1, 0.15) is 0 Å². The molecule has 4 heteroatoms. The molecule has 2 fully saturated rings. The van der Waals surface area contributed by atoms with Crippen molar-refractivity contribution in [3.8, 4) is 11.5 Å². The Morgan fingerprint density at radius 1 is 1.08 bits per heavy atom. The van der Waals surface area contributed by atoms with E-state index >= 15 is 0 Å². The smallest absolute Gasteiger partial charge is 0.239 e. The molecule has 0 bridgehead atoms. The Hall–Kier alpha value is -1.26. The molecule has 0 spiro atoms. The van der Waals surface area contributed by atoms with E-state index in [1.807, 2.05) is 0 Å². The fourth-order valence-electron chi connectivity index (χ4n) is 6.22. The van der Waals surface area contributed by atoms with E-state index in [-0.39, 0.29) is 18.1 Å². The summed E-state index contributed by atoms with van der Waals surface area (Å²) in [6.45, 7) is 4.12. The number of fused-ring (bicyclic) bond motifs is 6. The van der Waals surface area contributed by atoms with Gasteiger partial charge in [-0.25, -0.2) is 0 Å². The minimum Gasteiger partial charge on any atom is -0.483 e. The predicted molar refractivity (Wildman–Crippen MR) is 93.8 cm³/mol. The number of hydrogen-bond acceptors (Lipinski definition) is 4. The van der Waals surface area contributed by atoms with E-state index in [1.54, 1.807) is 6.92 Å². The molecule has 0 saturated heterocycles. The number of aliphatic hydroxyl groups excluding tert-OH is 1. The molecule has 0 aromatic heterocycles. The van der Waals surface area contributed by atoms with Crippen LogP contribution in [0.1, 0.15) is 63.0 Å². The fraction of sp³-hybridized carbons (Fsp3) is 0.714. The van der Waals surface area contributed by atoms with E-state index in [2.05, 4.69) is 19.1 Å². The Morgan fingerprint density at radius 2 is 1.92 bits per heavy atom. The minimum atomic E-state index is -1.24. The maximum Gasteiger partial charge on any atom is 0.239 e. The average Bonchev–Trinajstić information content (AvgIpc) is 2.87. The monoisotopic (exact) mass is 344 g/mol. The number of rotatable bonds is 0. The van der Waals surface area contributed by atoms with Crippen molar-refractivity contribution in [2.45, 2.75) is 70.2 Å². The van der Waals surface area contributed by atoms with E-state index in [9.17, 15) is 10.2 Å². The lowest BCUT2D eigenvalue weighted by atomic mass is 9.55. The van der Waals surface area contributed by atoms with Crippen molar-refractivity contribution in [3.63, 3.8) is 0 Å². The highest BCUT2D eigenvalue weighted by Crippen LogP contribution is 2.61. The molecule has 4 nitrogen and oxygen atoms in total. The van der Waals surface area contributed by atoms with Gasteiger partial charge in [0.15, 0.2) is 18.1 Å². The summed E-state index contributed by atoms with van der Waals surface area (Å²) in [7, 11) is 0. The average molecular weight is 344 g/mol. The number of benzene rings is 1. The molecule has 1 unspecified atom stereocenters. The molecule has 2 N–H and O–H groups in total. The van der Waals surface area contributed by atoms with Gasteiger partial charge in [0.25, 0.3) is 0 Å². The van der Waals surface area contributed by atoms with E-state index in [1.165, 1.54) is 24.0 Å². The van der Waals surface area contributed by atoms with E-state index in [0.717, 1.165) is 31.4 Å². The van der Waals surface area contributed by atoms with Gasteiger partial charge in [0.2, 0.25) is 5.79 Å². The van der Waals surface area contributed by atoms with Gasteiger partial charge in [-0.05, 0) is 85.0 Å². The highest BCUT2D eigenvalue weighted by atomic mass is 16.7. The zero-order valence-corrected chi connectivity index (χ0v) is 15.1. The molecule has 1 aromatic rings. The number of hydrogen-bond donors (Lipinski definition) is 2. The summed E-state index contributed by atoms with van der Waals surface area (Å²) < 4.78 is 11.5. The molecule has 1 heterocycles. The van der Waals surface area contributed by atoms with Crippen molar-refractivity contribution in [3.05, 3.63) is 23.3 Å². The Kier molecular flexibility index (Phi) is 3.28. The highest BCUT2D eigenvalue weighted by molar-refractivity contribution is 5.51. The molecule has 0 amide bonds. The summed E-state index contributed by atoms with van der Waals surface area (Å²) in [5.74, 6) is 2.09. The second-order valence-corrected chi connectivity index (χ2v) is 9.12. The first kappa shape index (κ1) is 16.0. The third-order valence-electron chi connectivity index (χ3n) is 7.56. The van der Waals surface area contributed by atoms with Gasteiger partial charge in [0.05, 0.1) is 6.10 Å². The Labute approximate surface area is 149 Å². The van der Waals surface area contributed by atoms with Crippen molar-refractivity contribution in [2.75, 3.05) is 6.61 Å². The Bertz CT molecular complexity index is 712. The molecule has 2 saturated carbocycles. The largest absolute Gasteiger partial charge is 0.483 e.